The summed E-state index contributed by atoms with van der Waals surface area (Å²) in [6, 6.07) is 0. The fraction of sp³-hybridized carbons (Fsp3) is 0.857. The Labute approximate surface area is 120 Å². The van der Waals surface area contributed by atoms with E-state index in [1.165, 1.54) is 6.92 Å². The zero-order chi connectivity index (χ0) is 15.6. The van der Waals surface area contributed by atoms with Crippen molar-refractivity contribution in [2.45, 2.75) is 53.1 Å². The van der Waals surface area contributed by atoms with Gasteiger partial charge < -0.3 is 18.9 Å². The Balaban J connectivity index is 4.71. The number of hydrogen-bond donors (Lipinski definition) is 0. The first-order valence-electron chi connectivity index (χ1n) is 7.02. The summed E-state index contributed by atoms with van der Waals surface area (Å²) in [6.07, 6.45) is -1.36. The molecule has 0 amide bonds. The molecule has 0 saturated carbocycles. The van der Waals surface area contributed by atoms with Crippen molar-refractivity contribution in [2.24, 2.45) is 0 Å². The number of ether oxygens (including phenoxy) is 4. The number of hydrogen-bond acceptors (Lipinski definition) is 6. The van der Waals surface area contributed by atoms with E-state index in [0.717, 1.165) is 0 Å². The molecule has 0 rings (SSSR count). The van der Waals surface area contributed by atoms with Gasteiger partial charge in [-0.2, -0.15) is 0 Å². The van der Waals surface area contributed by atoms with E-state index in [-0.39, 0.29) is 6.42 Å². The molecule has 0 aromatic carbocycles. The van der Waals surface area contributed by atoms with Crippen molar-refractivity contribution in [3.05, 3.63) is 0 Å². The summed E-state index contributed by atoms with van der Waals surface area (Å²) in [7, 11) is 0. The van der Waals surface area contributed by atoms with Gasteiger partial charge in [-0.3, -0.25) is 9.59 Å². The normalized spacial score (nSPS) is 11.9. The van der Waals surface area contributed by atoms with E-state index in [9.17, 15) is 9.59 Å². The van der Waals surface area contributed by atoms with Gasteiger partial charge in [0.15, 0.2) is 11.6 Å². The average molecular weight is 290 g/mol. The predicted octanol–water partition coefficient (Wildman–Crippen LogP) is 1.70. The summed E-state index contributed by atoms with van der Waals surface area (Å²) in [5.41, 5.74) is 0. The monoisotopic (exact) mass is 290 g/mol. The maximum atomic E-state index is 12.2. The van der Waals surface area contributed by atoms with Gasteiger partial charge in [-0.1, -0.05) is 0 Å². The zero-order valence-electron chi connectivity index (χ0n) is 13.1. The van der Waals surface area contributed by atoms with E-state index < -0.39 is 23.6 Å². The second-order valence-corrected chi connectivity index (χ2v) is 4.12. The van der Waals surface area contributed by atoms with Gasteiger partial charge >= 0.3 is 0 Å². The number of Topliss-reactive ketones (excluding diaryl/α,β-unsaturated/α-hetero) is 2. The molecule has 0 atom stereocenters. The molecule has 0 heterocycles. The van der Waals surface area contributed by atoms with Gasteiger partial charge in [0.1, 0.15) is 0 Å². The largest absolute Gasteiger partial charge is 0.346 e. The van der Waals surface area contributed by atoms with Crippen LogP contribution in [0.2, 0.25) is 0 Å². The lowest BCUT2D eigenvalue weighted by molar-refractivity contribution is -0.218. The van der Waals surface area contributed by atoms with Gasteiger partial charge in [0.2, 0.25) is 12.1 Å². The van der Waals surface area contributed by atoms with Gasteiger partial charge in [-0.25, -0.2) is 0 Å². The van der Waals surface area contributed by atoms with E-state index >= 15 is 0 Å². The fourth-order valence-electron chi connectivity index (χ4n) is 1.69. The summed E-state index contributed by atoms with van der Waals surface area (Å²) < 4.78 is 21.0. The van der Waals surface area contributed by atoms with E-state index in [4.69, 9.17) is 18.9 Å². The molecule has 0 aromatic heterocycles. The average Bonchev–Trinajstić information content (AvgIpc) is 2.38. The molecule has 0 spiro atoms. The molecule has 0 unspecified atom stereocenters. The van der Waals surface area contributed by atoms with Crippen molar-refractivity contribution in [1.82, 2.24) is 0 Å². The fourth-order valence-corrected chi connectivity index (χ4v) is 1.69. The Morgan fingerprint density at radius 1 is 0.900 bits per heavy atom. The number of carbonyl (C=O) groups excluding carboxylic acids is 2. The Kier molecular flexibility index (Phi) is 9.58. The van der Waals surface area contributed by atoms with Gasteiger partial charge in [0, 0.05) is 26.4 Å². The third kappa shape index (κ3) is 6.09. The smallest absolute Gasteiger partial charge is 0.226 e. The maximum absolute atomic E-state index is 12.2. The van der Waals surface area contributed by atoms with Crippen LogP contribution in [-0.2, 0) is 28.5 Å². The van der Waals surface area contributed by atoms with Gasteiger partial charge in [-0.05, 0) is 34.6 Å². The van der Waals surface area contributed by atoms with Crippen LogP contribution in [0.1, 0.15) is 41.0 Å². The lowest BCUT2D eigenvalue weighted by Gasteiger charge is -2.27. The van der Waals surface area contributed by atoms with E-state index in [2.05, 4.69) is 0 Å². The molecular formula is C14H26O6. The molecule has 118 valence electrons. The van der Waals surface area contributed by atoms with Crippen molar-refractivity contribution >= 4 is 11.6 Å². The van der Waals surface area contributed by atoms with Gasteiger partial charge in [-0.15, -0.1) is 0 Å². The van der Waals surface area contributed by atoms with Crippen LogP contribution in [0.3, 0.4) is 0 Å². The zero-order valence-corrected chi connectivity index (χ0v) is 13.1. The van der Waals surface area contributed by atoms with Crippen molar-refractivity contribution < 1.29 is 28.5 Å². The summed E-state index contributed by atoms with van der Waals surface area (Å²) in [5, 5.41) is 0. The summed E-state index contributed by atoms with van der Waals surface area (Å²) in [4.78, 5) is 24.2. The molecule has 6 heteroatoms. The topological polar surface area (TPSA) is 71.1 Å². The maximum Gasteiger partial charge on any atom is 0.226 e. The van der Waals surface area contributed by atoms with E-state index in [1.807, 2.05) is 0 Å². The van der Waals surface area contributed by atoms with Crippen LogP contribution in [0.5, 0.6) is 0 Å². The Hall–Kier alpha value is -0.820. The van der Waals surface area contributed by atoms with Gasteiger partial charge in [0.05, 0.1) is 6.42 Å². The second-order valence-electron chi connectivity index (χ2n) is 4.12. The minimum absolute atomic E-state index is 0.316. The summed E-state index contributed by atoms with van der Waals surface area (Å²) in [6.45, 7) is 9.85. The van der Waals surface area contributed by atoms with Crippen LogP contribution in [-0.4, -0.2) is 50.1 Å². The van der Waals surface area contributed by atoms with Crippen LogP contribution in [0.25, 0.3) is 0 Å². The summed E-state index contributed by atoms with van der Waals surface area (Å²) in [5.74, 6) is -2.26. The first-order chi connectivity index (χ1) is 9.45. The predicted molar refractivity (Wildman–Crippen MR) is 73.3 cm³/mol. The van der Waals surface area contributed by atoms with Crippen molar-refractivity contribution in [2.75, 3.05) is 26.4 Å². The van der Waals surface area contributed by atoms with Gasteiger partial charge in [0.25, 0.3) is 0 Å². The lowest BCUT2D eigenvalue weighted by atomic mass is 10.1. The standard InChI is InChI=1S/C14H26O6/c1-6-17-13(18-7-2)11(15)10-12(16)14(5,19-8-3)20-9-4/h13H,6-10H2,1-5H3. The highest BCUT2D eigenvalue weighted by atomic mass is 16.7. The molecule has 0 fully saturated rings. The first-order valence-corrected chi connectivity index (χ1v) is 7.02. The van der Waals surface area contributed by atoms with Crippen LogP contribution in [0, 0.1) is 0 Å². The minimum atomic E-state index is -1.40. The van der Waals surface area contributed by atoms with E-state index in [1.54, 1.807) is 27.7 Å². The Bertz CT molecular complexity index is 290. The number of ketones is 2. The molecule has 20 heavy (non-hydrogen) atoms. The molecule has 0 saturated heterocycles. The Morgan fingerprint density at radius 2 is 1.35 bits per heavy atom. The molecular weight excluding hydrogens is 264 g/mol. The molecule has 0 N–H and O–H groups in total. The highest BCUT2D eigenvalue weighted by Gasteiger charge is 2.37. The molecule has 0 aliphatic heterocycles. The molecule has 0 radical (unpaired) electrons. The third-order valence-corrected chi connectivity index (χ3v) is 2.58. The van der Waals surface area contributed by atoms with Crippen molar-refractivity contribution in [1.29, 1.82) is 0 Å². The minimum Gasteiger partial charge on any atom is -0.346 e. The number of carbonyl (C=O) groups is 2. The molecule has 0 aliphatic rings. The van der Waals surface area contributed by atoms with E-state index in [0.29, 0.717) is 26.4 Å². The third-order valence-electron chi connectivity index (χ3n) is 2.58. The van der Waals surface area contributed by atoms with Crippen molar-refractivity contribution in [3.63, 3.8) is 0 Å². The van der Waals surface area contributed by atoms with Crippen LogP contribution in [0.4, 0.5) is 0 Å². The van der Waals surface area contributed by atoms with Crippen LogP contribution >= 0.6 is 0 Å². The molecule has 0 bridgehead atoms. The molecule has 0 aromatic rings. The molecule has 0 aliphatic carbocycles. The molecule has 6 nitrogen and oxygen atoms in total. The van der Waals surface area contributed by atoms with Crippen LogP contribution < -0.4 is 0 Å². The van der Waals surface area contributed by atoms with Crippen molar-refractivity contribution in [3.8, 4) is 0 Å². The summed E-state index contributed by atoms with van der Waals surface area (Å²) >= 11 is 0. The Morgan fingerprint density at radius 3 is 1.70 bits per heavy atom. The lowest BCUT2D eigenvalue weighted by Crippen LogP contribution is -2.44. The second kappa shape index (κ2) is 9.99. The SMILES string of the molecule is CCOC(OCC)C(=O)CC(=O)C(C)(OCC)OCC. The quantitative estimate of drug-likeness (QED) is 0.402. The highest BCUT2D eigenvalue weighted by Crippen LogP contribution is 2.17. The number of rotatable bonds is 12. The first kappa shape index (κ1) is 19.2. The van der Waals surface area contributed by atoms with Crippen LogP contribution in [0.15, 0.2) is 0 Å². The highest BCUT2D eigenvalue weighted by molar-refractivity contribution is 6.03.